The lowest BCUT2D eigenvalue weighted by Crippen LogP contribution is -2.48. The maximum Gasteiger partial charge on any atom is 0.237 e. The quantitative estimate of drug-likeness (QED) is 0.591. The number of nitrogens with zero attached hydrogens (tertiary/aromatic N) is 1. The average molecular weight is 327 g/mol. The van der Waals surface area contributed by atoms with Crippen LogP contribution >= 0.6 is 0 Å². The maximum absolute atomic E-state index is 12.2. The zero-order valence-electron chi connectivity index (χ0n) is 14.9. The number of likely N-dealkylation sites (N-methyl/N-ethyl adjacent to an activating group) is 1. The van der Waals surface area contributed by atoms with E-state index in [9.17, 15) is 9.59 Å². The second-order valence-corrected chi connectivity index (χ2v) is 6.54. The minimum absolute atomic E-state index is 0.00487. The fourth-order valence-electron chi connectivity index (χ4n) is 2.85. The molecule has 2 N–H and O–H groups in total. The van der Waals surface area contributed by atoms with E-state index in [1.807, 2.05) is 6.92 Å². The largest absolute Gasteiger partial charge is 0.385 e. The minimum Gasteiger partial charge on any atom is -0.385 e. The molecule has 1 aliphatic rings. The van der Waals surface area contributed by atoms with E-state index in [1.165, 1.54) is 32.1 Å². The molecule has 1 rings (SSSR count). The zero-order chi connectivity index (χ0) is 17.1. The van der Waals surface area contributed by atoms with Gasteiger partial charge in [0, 0.05) is 26.8 Å². The van der Waals surface area contributed by atoms with Crippen LogP contribution in [0.1, 0.15) is 45.4 Å². The Bertz CT molecular complexity index is 357. The molecule has 0 aliphatic heterocycles. The fourth-order valence-corrected chi connectivity index (χ4v) is 2.85. The summed E-state index contributed by atoms with van der Waals surface area (Å²) in [7, 11) is 3.45. The Labute approximate surface area is 140 Å². The van der Waals surface area contributed by atoms with Crippen LogP contribution in [-0.4, -0.2) is 63.2 Å². The lowest BCUT2D eigenvalue weighted by atomic mass is 9.89. The van der Waals surface area contributed by atoms with E-state index < -0.39 is 0 Å². The van der Waals surface area contributed by atoms with Gasteiger partial charge in [0.15, 0.2) is 0 Å². The highest BCUT2D eigenvalue weighted by molar-refractivity contribution is 5.83. The first-order valence-electron chi connectivity index (χ1n) is 8.78. The van der Waals surface area contributed by atoms with E-state index in [-0.39, 0.29) is 24.4 Å². The van der Waals surface area contributed by atoms with Crippen molar-refractivity contribution in [2.45, 2.75) is 51.5 Å². The molecule has 6 nitrogen and oxygen atoms in total. The van der Waals surface area contributed by atoms with E-state index >= 15 is 0 Å². The van der Waals surface area contributed by atoms with Gasteiger partial charge in [0.2, 0.25) is 11.8 Å². The Morgan fingerprint density at radius 1 is 1.22 bits per heavy atom. The third-order valence-corrected chi connectivity index (χ3v) is 4.57. The summed E-state index contributed by atoms with van der Waals surface area (Å²) in [4.78, 5) is 25.8. The lowest BCUT2D eigenvalue weighted by Gasteiger charge is -2.26. The van der Waals surface area contributed by atoms with E-state index in [0.717, 1.165) is 13.0 Å². The number of rotatable bonds is 10. The molecule has 6 heteroatoms. The molecule has 1 aliphatic carbocycles. The molecule has 134 valence electrons. The summed E-state index contributed by atoms with van der Waals surface area (Å²) in [5.74, 6) is 0.565. The summed E-state index contributed by atoms with van der Waals surface area (Å²) in [6.07, 6.45) is 7.10. The number of methoxy groups -OCH3 is 1. The zero-order valence-corrected chi connectivity index (χ0v) is 14.9. The van der Waals surface area contributed by atoms with Crippen molar-refractivity contribution in [2.75, 3.05) is 40.4 Å². The van der Waals surface area contributed by atoms with Gasteiger partial charge in [-0.2, -0.15) is 0 Å². The van der Waals surface area contributed by atoms with Crippen molar-refractivity contribution in [3.8, 4) is 0 Å². The lowest BCUT2D eigenvalue weighted by molar-refractivity contribution is -0.127. The normalized spacial score (nSPS) is 17.0. The van der Waals surface area contributed by atoms with Crippen molar-refractivity contribution in [3.05, 3.63) is 0 Å². The van der Waals surface area contributed by atoms with Gasteiger partial charge in [-0.05, 0) is 39.2 Å². The van der Waals surface area contributed by atoms with Gasteiger partial charge in [-0.25, -0.2) is 0 Å². The number of hydrogen-bond acceptors (Lipinski definition) is 4. The number of amides is 2. The highest BCUT2D eigenvalue weighted by Crippen LogP contribution is 2.22. The molecule has 1 saturated carbocycles. The molecule has 1 fully saturated rings. The molecular formula is C17H33N3O3. The first kappa shape index (κ1) is 19.9. The van der Waals surface area contributed by atoms with E-state index in [4.69, 9.17) is 4.74 Å². The molecular weight excluding hydrogens is 294 g/mol. The molecule has 23 heavy (non-hydrogen) atoms. The third-order valence-electron chi connectivity index (χ3n) is 4.57. The van der Waals surface area contributed by atoms with E-state index in [2.05, 4.69) is 10.6 Å². The predicted octanol–water partition coefficient (Wildman–Crippen LogP) is 1.16. The average Bonchev–Trinajstić information content (AvgIpc) is 2.56. The number of carbonyl (C=O) groups excluding carboxylic acids is 2. The van der Waals surface area contributed by atoms with E-state index in [0.29, 0.717) is 19.1 Å². The van der Waals surface area contributed by atoms with E-state index in [1.54, 1.807) is 19.1 Å². The Morgan fingerprint density at radius 3 is 2.57 bits per heavy atom. The Kier molecular flexibility index (Phi) is 9.87. The Morgan fingerprint density at radius 2 is 1.91 bits per heavy atom. The van der Waals surface area contributed by atoms with Crippen LogP contribution in [0.3, 0.4) is 0 Å². The molecule has 1 atom stereocenters. The summed E-state index contributed by atoms with van der Waals surface area (Å²) >= 11 is 0. The van der Waals surface area contributed by atoms with Gasteiger partial charge >= 0.3 is 0 Å². The van der Waals surface area contributed by atoms with Gasteiger partial charge in [0.1, 0.15) is 0 Å². The van der Waals surface area contributed by atoms with Crippen LogP contribution in [0.15, 0.2) is 0 Å². The standard InChI is InChI=1S/C17H33N3O3/c1-14(17(22)19-12-15-8-5-4-6-9-15)20(2)13-16(21)18-10-7-11-23-3/h14-15H,4-13H2,1-3H3,(H,18,21)(H,19,22). The molecule has 0 aromatic rings. The summed E-state index contributed by atoms with van der Waals surface area (Å²) < 4.78 is 4.94. The number of nitrogens with one attached hydrogen (secondary N) is 2. The van der Waals surface area contributed by atoms with Gasteiger partial charge < -0.3 is 15.4 Å². The second-order valence-electron chi connectivity index (χ2n) is 6.54. The number of carbonyl (C=O) groups is 2. The molecule has 0 saturated heterocycles. The molecule has 0 aromatic heterocycles. The molecule has 0 aromatic carbocycles. The van der Waals surface area contributed by atoms with Crippen LogP contribution in [0.2, 0.25) is 0 Å². The van der Waals surface area contributed by atoms with Crippen molar-refractivity contribution in [2.24, 2.45) is 5.92 Å². The summed E-state index contributed by atoms with van der Waals surface area (Å²) in [5, 5.41) is 5.87. The Hall–Kier alpha value is -1.14. The number of hydrogen-bond donors (Lipinski definition) is 2. The first-order chi connectivity index (χ1) is 11.0. The van der Waals surface area contributed by atoms with Crippen LogP contribution < -0.4 is 10.6 Å². The molecule has 1 unspecified atom stereocenters. The Balaban J connectivity index is 2.21. The van der Waals surface area contributed by atoms with Gasteiger partial charge in [0.25, 0.3) is 0 Å². The van der Waals surface area contributed by atoms with Crippen molar-refractivity contribution < 1.29 is 14.3 Å². The van der Waals surface area contributed by atoms with Crippen LogP contribution in [0.25, 0.3) is 0 Å². The predicted molar refractivity (Wildman–Crippen MR) is 91.2 cm³/mol. The highest BCUT2D eigenvalue weighted by atomic mass is 16.5. The van der Waals surface area contributed by atoms with Crippen LogP contribution in [0.5, 0.6) is 0 Å². The molecule has 0 spiro atoms. The van der Waals surface area contributed by atoms with Crippen molar-refractivity contribution in [3.63, 3.8) is 0 Å². The van der Waals surface area contributed by atoms with Crippen LogP contribution in [-0.2, 0) is 14.3 Å². The molecule has 0 heterocycles. The minimum atomic E-state index is -0.302. The fraction of sp³-hybridized carbons (Fsp3) is 0.882. The van der Waals surface area contributed by atoms with Crippen LogP contribution in [0, 0.1) is 5.92 Å². The molecule has 0 bridgehead atoms. The van der Waals surface area contributed by atoms with Gasteiger partial charge in [0.05, 0.1) is 12.6 Å². The highest BCUT2D eigenvalue weighted by Gasteiger charge is 2.21. The van der Waals surface area contributed by atoms with Crippen LogP contribution in [0.4, 0.5) is 0 Å². The topological polar surface area (TPSA) is 70.7 Å². The van der Waals surface area contributed by atoms with Gasteiger partial charge in [-0.1, -0.05) is 19.3 Å². The molecule has 2 amide bonds. The van der Waals surface area contributed by atoms with Gasteiger partial charge in [-0.3, -0.25) is 14.5 Å². The summed E-state index contributed by atoms with van der Waals surface area (Å²) in [6.45, 7) is 4.07. The third kappa shape index (κ3) is 8.32. The first-order valence-corrected chi connectivity index (χ1v) is 8.78. The monoisotopic (exact) mass is 327 g/mol. The van der Waals surface area contributed by atoms with Crippen molar-refractivity contribution >= 4 is 11.8 Å². The molecule has 0 radical (unpaired) electrons. The smallest absolute Gasteiger partial charge is 0.237 e. The van der Waals surface area contributed by atoms with Crippen molar-refractivity contribution in [1.29, 1.82) is 0 Å². The second kappa shape index (κ2) is 11.4. The SMILES string of the molecule is COCCCNC(=O)CN(C)C(C)C(=O)NCC1CCCCC1. The maximum atomic E-state index is 12.2. The van der Waals surface area contributed by atoms with Crippen molar-refractivity contribution in [1.82, 2.24) is 15.5 Å². The summed E-state index contributed by atoms with van der Waals surface area (Å²) in [5.41, 5.74) is 0. The summed E-state index contributed by atoms with van der Waals surface area (Å²) in [6, 6.07) is -0.302. The number of ether oxygens (including phenoxy) is 1. The van der Waals surface area contributed by atoms with Gasteiger partial charge in [-0.15, -0.1) is 0 Å².